The third-order valence-electron chi connectivity index (χ3n) is 4.43. The number of carbonyl (C=O) groups is 2. The van der Waals surface area contributed by atoms with E-state index in [0.29, 0.717) is 12.2 Å². The van der Waals surface area contributed by atoms with Gasteiger partial charge in [-0.3, -0.25) is 9.59 Å². The Hall–Kier alpha value is -1.90. The number of carbonyl (C=O) groups excluding carboxylic acids is 2. The molecule has 3 nitrogen and oxygen atoms in total. The van der Waals surface area contributed by atoms with E-state index in [2.05, 4.69) is 6.92 Å². The van der Waals surface area contributed by atoms with Crippen molar-refractivity contribution in [3.8, 4) is 0 Å². The van der Waals surface area contributed by atoms with Gasteiger partial charge in [-0.1, -0.05) is 101 Å². The van der Waals surface area contributed by atoms with E-state index in [0.717, 1.165) is 24.7 Å². The zero-order valence-electron chi connectivity index (χ0n) is 16.3. The van der Waals surface area contributed by atoms with Crippen molar-refractivity contribution in [2.75, 3.05) is 6.61 Å². The Balaban J connectivity index is 1.96. The lowest BCUT2D eigenvalue weighted by Gasteiger charge is -2.04. The summed E-state index contributed by atoms with van der Waals surface area (Å²) in [6.07, 6.45) is 17.5. The first-order valence-electron chi connectivity index (χ1n) is 10.1. The highest BCUT2D eigenvalue weighted by atomic mass is 16.5. The van der Waals surface area contributed by atoms with E-state index in [1.165, 1.54) is 51.4 Å². The molecule has 0 radical (unpaired) electrons. The van der Waals surface area contributed by atoms with Gasteiger partial charge in [-0.05, 0) is 12.0 Å². The summed E-state index contributed by atoms with van der Waals surface area (Å²) >= 11 is 0. The van der Waals surface area contributed by atoms with Crippen LogP contribution in [0.5, 0.6) is 0 Å². The summed E-state index contributed by atoms with van der Waals surface area (Å²) < 4.78 is 5.25. The molecule has 0 aliphatic carbocycles. The maximum absolute atomic E-state index is 11.7. The molecule has 26 heavy (non-hydrogen) atoms. The fourth-order valence-electron chi connectivity index (χ4n) is 2.81. The van der Waals surface area contributed by atoms with E-state index in [1.54, 1.807) is 18.2 Å². The Morgan fingerprint density at radius 2 is 1.38 bits per heavy atom. The van der Waals surface area contributed by atoms with Crippen LogP contribution < -0.4 is 0 Å². The van der Waals surface area contributed by atoms with Crippen molar-refractivity contribution < 1.29 is 14.3 Å². The van der Waals surface area contributed by atoms with Crippen LogP contribution in [0.4, 0.5) is 0 Å². The molecule has 0 saturated heterocycles. The predicted octanol–water partition coefficient (Wildman–Crippen LogP) is 6.37. The third kappa shape index (κ3) is 11.6. The van der Waals surface area contributed by atoms with Crippen molar-refractivity contribution in [1.29, 1.82) is 0 Å². The number of esters is 1. The number of ether oxygens (including phenoxy) is 1. The van der Waals surface area contributed by atoms with E-state index in [-0.39, 0.29) is 12.4 Å². The molecule has 1 aromatic rings. The lowest BCUT2D eigenvalue weighted by Crippen LogP contribution is -2.04. The van der Waals surface area contributed by atoms with Gasteiger partial charge in [0.2, 0.25) is 0 Å². The van der Waals surface area contributed by atoms with Crippen molar-refractivity contribution in [3.05, 3.63) is 41.5 Å². The van der Waals surface area contributed by atoms with Crippen LogP contribution in [0.1, 0.15) is 93.5 Å². The lowest BCUT2D eigenvalue weighted by atomic mass is 10.1. The first-order valence-corrected chi connectivity index (χ1v) is 10.1. The van der Waals surface area contributed by atoms with Crippen LogP contribution in [0.25, 0.3) is 6.08 Å². The minimum atomic E-state index is -0.179. The Morgan fingerprint density at radius 3 is 1.96 bits per heavy atom. The zero-order chi connectivity index (χ0) is 18.9. The minimum absolute atomic E-state index is 0.179. The average molecular weight is 359 g/mol. The smallest absolute Gasteiger partial charge is 0.309 e. The molecule has 0 unspecified atom stereocenters. The Labute approximate surface area is 158 Å². The lowest BCUT2D eigenvalue weighted by molar-refractivity contribution is -0.142. The summed E-state index contributed by atoms with van der Waals surface area (Å²) in [5, 5.41) is 0. The molecule has 0 aliphatic rings. The monoisotopic (exact) mass is 358 g/mol. The number of unbranched alkanes of at least 4 members (excludes halogenated alkanes) is 9. The van der Waals surface area contributed by atoms with Gasteiger partial charge in [0, 0.05) is 5.56 Å². The molecule has 0 heterocycles. The van der Waals surface area contributed by atoms with Gasteiger partial charge in [-0.25, -0.2) is 0 Å². The van der Waals surface area contributed by atoms with Crippen LogP contribution in [0.3, 0.4) is 0 Å². The summed E-state index contributed by atoms with van der Waals surface area (Å²) in [6.45, 7) is 2.77. The fraction of sp³-hybridized carbons (Fsp3) is 0.565. The highest BCUT2D eigenvalue weighted by molar-refractivity contribution is 5.76. The molecular weight excluding hydrogens is 324 g/mol. The summed E-state index contributed by atoms with van der Waals surface area (Å²) in [5.74, 6) is -0.179. The van der Waals surface area contributed by atoms with Gasteiger partial charge in [0.1, 0.15) is 6.29 Å². The molecule has 0 spiro atoms. The van der Waals surface area contributed by atoms with Gasteiger partial charge in [-0.2, -0.15) is 0 Å². The van der Waals surface area contributed by atoms with Gasteiger partial charge < -0.3 is 4.74 Å². The van der Waals surface area contributed by atoms with E-state index in [1.807, 2.05) is 18.2 Å². The van der Waals surface area contributed by atoms with Crippen molar-refractivity contribution >= 4 is 18.3 Å². The van der Waals surface area contributed by atoms with Gasteiger partial charge in [0.15, 0.2) is 0 Å². The van der Waals surface area contributed by atoms with Crippen molar-refractivity contribution in [1.82, 2.24) is 0 Å². The number of hydrogen-bond acceptors (Lipinski definition) is 3. The van der Waals surface area contributed by atoms with Crippen molar-refractivity contribution in [3.63, 3.8) is 0 Å². The molecule has 144 valence electrons. The average Bonchev–Trinajstić information content (AvgIpc) is 2.66. The molecule has 0 atom stereocenters. The number of rotatable bonds is 15. The van der Waals surface area contributed by atoms with E-state index >= 15 is 0 Å². The summed E-state index contributed by atoms with van der Waals surface area (Å²) in [6, 6.07) is 7.23. The van der Waals surface area contributed by atoms with E-state index in [9.17, 15) is 9.59 Å². The number of benzene rings is 1. The second kappa shape index (κ2) is 15.4. The normalized spacial score (nSPS) is 11.0. The molecule has 0 aliphatic heterocycles. The fourth-order valence-corrected chi connectivity index (χ4v) is 2.81. The van der Waals surface area contributed by atoms with Gasteiger partial charge in [0.25, 0.3) is 0 Å². The van der Waals surface area contributed by atoms with E-state index < -0.39 is 0 Å². The van der Waals surface area contributed by atoms with Crippen molar-refractivity contribution in [2.24, 2.45) is 0 Å². The first kappa shape index (κ1) is 22.1. The molecule has 0 saturated carbocycles. The highest BCUT2D eigenvalue weighted by Gasteiger charge is 2.00. The molecule has 0 amide bonds. The maximum Gasteiger partial charge on any atom is 0.309 e. The van der Waals surface area contributed by atoms with Crippen LogP contribution in [-0.4, -0.2) is 18.9 Å². The molecule has 3 heteroatoms. The molecule has 0 fully saturated rings. The number of hydrogen-bond donors (Lipinski definition) is 0. The van der Waals surface area contributed by atoms with Crippen molar-refractivity contribution in [2.45, 2.75) is 77.6 Å². The van der Waals surface area contributed by atoms with Gasteiger partial charge >= 0.3 is 5.97 Å². The summed E-state index contributed by atoms with van der Waals surface area (Å²) in [7, 11) is 0. The standard InChI is InChI=1S/C23H34O3/c1-2-3-4-5-6-7-8-9-10-11-19-26-23(25)14-12-13-21-15-17-22(20-24)18-16-21/h12-13,15-18,20H,2-11,14,19H2,1H3. The Bertz CT molecular complexity index is 517. The molecule has 1 aromatic carbocycles. The SMILES string of the molecule is CCCCCCCCCCCCOC(=O)CC=Cc1ccc(C=O)cc1. The molecular formula is C23H34O3. The third-order valence-corrected chi connectivity index (χ3v) is 4.43. The van der Waals surface area contributed by atoms with Crippen LogP contribution in [0, 0.1) is 0 Å². The van der Waals surface area contributed by atoms with Gasteiger partial charge in [0.05, 0.1) is 13.0 Å². The number of aldehydes is 1. The summed E-state index contributed by atoms with van der Waals surface area (Å²) in [4.78, 5) is 22.3. The quantitative estimate of drug-likeness (QED) is 0.208. The molecule has 1 rings (SSSR count). The predicted molar refractivity (Wildman–Crippen MR) is 108 cm³/mol. The van der Waals surface area contributed by atoms with E-state index in [4.69, 9.17) is 4.74 Å². The summed E-state index contributed by atoms with van der Waals surface area (Å²) in [5.41, 5.74) is 1.62. The maximum atomic E-state index is 11.7. The largest absolute Gasteiger partial charge is 0.465 e. The second-order valence-electron chi connectivity index (χ2n) is 6.79. The Kier molecular flexibility index (Phi) is 13.1. The van der Waals surface area contributed by atoms with Crippen LogP contribution >= 0.6 is 0 Å². The molecule has 0 aromatic heterocycles. The zero-order valence-corrected chi connectivity index (χ0v) is 16.3. The highest BCUT2D eigenvalue weighted by Crippen LogP contribution is 2.10. The van der Waals surface area contributed by atoms with Crippen LogP contribution in [0.2, 0.25) is 0 Å². The van der Waals surface area contributed by atoms with Crippen LogP contribution in [0.15, 0.2) is 30.3 Å². The van der Waals surface area contributed by atoms with Gasteiger partial charge in [-0.15, -0.1) is 0 Å². The Morgan fingerprint density at radius 1 is 0.846 bits per heavy atom. The second-order valence-corrected chi connectivity index (χ2v) is 6.79. The molecule has 0 N–H and O–H groups in total. The topological polar surface area (TPSA) is 43.4 Å². The van der Waals surface area contributed by atoms with Crippen LogP contribution in [-0.2, 0) is 9.53 Å². The minimum Gasteiger partial charge on any atom is -0.465 e. The molecule has 0 bridgehead atoms. The first-order chi connectivity index (χ1) is 12.8.